The lowest BCUT2D eigenvalue weighted by molar-refractivity contribution is 0.319. The van der Waals surface area contributed by atoms with Gasteiger partial charge in [-0.05, 0) is 86.8 Å². The zero-order valence-electron chi connectivity index (χ0n) is 14.7. The van der Waals surface area contributed by atoms with Gasteiger partial charge >= 0.3 is 0 Å². The Balaban J connectivity index is 2.00. The lowest BCUT2D eigenvalue weighted by Crippen LogP contribution is -2.19. The van der Waals surface area contributed by atoms with Gasteiger partial charge in [0.2, 0.25) is 0 Å². The van der Waals surface area contributed by atoms with E-state index in [4.69, 9.17) is 0 Å². The van der Waals surface area contributed by atoms with E-state index < -0.39 is 0 Å². The summed E-state index contributed by atoms with van der Waals surface area (Å²) in [5.74, 6) is 0. The number of aryl methyl sites for hydroxylation is 4. The number of thioether (sulfide) groups is 1. The van der Waals surface area contributed by atoms with Crippen LogP contribution in [0.1, 0.15) is 40.8 Å². The molecule has 1 atom stereocenters. The Morgan fingerprint density at radius 2 is 1.48 bits per heavy atom. The Hall–Kier alpha value is -1.25. The molecule has 2 aromatic carbocycles. The van der Waals surface area contributed by atoms with Crippen molar-refractivity contribution in [3.8, 4) is 0 Å². The third-order valence-corrected chi connectivity index (χ3v) is 5.97. The van der Waals surface area contributed by atoms with Crippen LogP contribution >= 0.6 is 11.8 Å². The quantitative estimate of drug-likeness (QED) is 0.737. The van der Waals surface area contributed by atoms with Crippen LogP contribution in [0.15, 0.2) is 41.3 Å². The normalized spacial score (nSPS) is 15.5. The van der Waals surface area contributed by atoms with Crippen molar-refractivity contribution in [1.29, 1.82) is 0 Å². The highest BCUT2D eigenvalue weighted by molar-refractivity contribution is 7.98. The first-order chi connectivity index (χ1) is 11.1. The minimum Gasteiger partial charge on any atom is -0.303 e. The van der Waals surface area contributed by atoms with Gasteiger partial charge in [0.05, 0.1) is 0 Å². The highest BCUT2D eigenvalue weighted by atomic mass is 32.2. The minimum atomic E-state index is 0.468. The minimum absolute atomic E-state index is 0.468. The highest BCUT2D eigenvalue weighted by Crippen LogP contribution is 2.29. The fraction of sp³-hybridized carbons (Fsp3) is 0.429. The summed E-state index contributed by atoms with van der Waals surface area (Å²) in [7, 11) is 4.35. The monoisotopic (exact) mass is 325 g/mol. The second kappa shape index (κ2) is 7.11. The maximum absolute atomic E-state index is 2.45. The molecular formula is C21H27NS. The van der Waals surface area contributed by atoms with Crippen LogP contribution in [-0.2, 0) is 25.7 Å². The van der Waals surface area contributed by atoms with Gasteiger partial charge in [0, 0.05) is 10.9 Å². The largest absolute Gasteiger partial charge is 0.303 e. The van der Waals surface area contributed by atoms with Crippen molar-refractivity contribution in [2.45, 2.75) is 43.5 Å². The number of rotatable bonds is 3. The molecule has 0 radical (unpaired) electrons. The molecule has 0 spiro atoms. The number of benzene rings is 2. The van der Waals surface area contributed by atoms with Crippen molar-refractivity contribution in [2.75, 3.05) is 20.4 Å². The average Bonchev–Trinajstić information content (AvgIpc) is 2.55. The van der Waals surface area contributed by atoms with Crippen molar-refractivity contribution >= 4 is 11.8 Å². The first kappa shape index (κ1) is 16.6. The molecule has 2 heteroatoms. The number of hydrogen-bond donors (Lipinski definition) is 0. The first-order valence-electron chi connectivity index (χ1n) is 8.52. The SMILES string of the molecule is CSc1cc2ccc1CCc1ccc(c(C(C)N(C)C)c1)CC2. The molecule has 0 fully saturated rings. The molecule has 1 nitrogen and oxygen atoms in total. The molecule has 0 aromatic heterocycles. The van der Waals surface area contributed by atoms with Gasteiger partial charge in [-0.2, -0.15) is 0 Å². The Morgan fingerprint density at radius 3 is 2.13 bits per heavy atom. The van der Waals surface area contributed by atoms with Gasteiger partial charge in [0.25, 0.3) is 0 Å². The molecule has 4 aliphatic rings. The van der Waals surface area contributed by atoms with E-state index in [2.05, 4.69) is 68.6 Å². The predicted molar refractivity (Wildman–Crippen MR) is 102 cm³/mol. The summed E-state index contributed by atoms with van der Waals surface area (Å²) in [6, 6.07) is 14.7. The van der Waals surface area contributed by atoms with E-state index in [1.54, 1.807) is 0 Å². The van der Waals surface area contributed by atoms with Gasteiger partial charge in [0.15, 0.2) is 0 Å². The molecule has 0 heterocycles. The van der Waals surface area contributed by atoms with Crippen molar-refractivity contribution in [3.63, 3.8) is 0 Å². The average molecular weight is 326 g/mol. The Bertz CT molecular complexity index is 690. The van der Waals surface area contributed by atoms with E-state index in [1.807, 2.05) is 11.8 Å². The van der Waals surface area contributed by atoms with Crippen LogP contribution in [0.3, 0.4) is 0 Å². The standard InChI is InChI=1S/C21H27NS/c1-15(22(2)3)20-13-16-5-9-18(20)10-6-17-8-12-19(11-7-16)21(14-17)23-4/h5,8-9,12-15H,6-7,10-11H2,1-4H3. The zero-order chi connectivity index (χ0) is 16.4. The lowest BCUT2D eigenvalue weighted by Gasteiger charge is -2.24. The molecule has 0 saturated heterocycles. The fourth-order valence-electron chi connectivity index (χ4n) is 3.40. The summed E-state index contributed by atoms with van der Waals surface area (Å²) in [5, 5.41) is 0. The number of nitrogens with zero attached hydrogens (tertiary/aromatic N) is 1. The molecular weight excluding hydrogens is 298 g/mol. The topological polar surface area (TPSA) is 3.24 Å². The number of hydrogen-bond acceptors (Lipinski definition) is 2. The van der Waals surface area contributed by atoms with Gasteiger partial charge in [-0.15, -0.1) is 11.8 Å². The van der Waals surface area contributed by atoms with Crippen molar-refractivity contribution in [1.82, 2.24) is 4.90 Å². The second-order valence-electron chi connectivity index (χ2n) is 6.82. The van der Waals surface area contributed by atoms with Crippen LogP contribution in [0.2, 0.25) is 0 Å². The highest BCUT2D eigenvalue weighted by Gasteiger charge is 2.15. The summed E-state index contributed by atoms with van der Waals surface area (Å²) in [6.45, 7) is 2.31. The Labute approximate surface area is 145 Å². The third-order valence-electron chi connectivity index (χ3n) is 5.15. The van der Waals surface area contributed by atoms with Crippen LogP contribution in [0.5, 0.6) is 0 Å². The van der Waals surface area contributed by atoms with Crippen LogP contribution in [0.4, 0.5) is 0 Å². The van der Waals surface area contributed by atoms with Crippen LogP contribution in [0, 0.1) is 0 Å². The molecule has 0 amide bonds. The molecule has 2 aromatic rings. The summed E-state index contributed by atoms with van der Waals surface area (Å²) < 4.78 is 0. The van der Waals surface area contributed by atoms with E-state index in [9.17, 15) is 0 Å². The van der Waals surface area contributed by atoms with Gasteiger partial charge < -0.3 is 4.90 Å². The fourth-order valence-corrected chi connectivity index (χ4v) is 4.11. The Morgan fingerprint density at radius 1 is 0.870 bits per heavy atom. The summed E-state index contributed by atoms with van der Waals surface area (Å²) in [5.41, 5.74) is 7.44. The summed E-state index contributed by atoms with van der Waals surface area (Å²) in [4.78, 5) is 3.77. The predicted octanol–water partition coefficient (Wildman–Crippen LogP) is 4.91. The van der Waals surface area contributed by atoms with Crippen LogP contribution in [-0.4, -0.2) is 25.3 Å². The molecule has 0 saturated carbocycles. The van der Waals surface area contributed by atoms with Crippen LogP contribution < -0.4 is 0 Å². The summed E-state index contributed by atoms with van der Waals surface area (Å²) >= 11 is 1.88. The van der Waals surface area contributed by atoms with E-state index in [0.29, 0.717) is 6.04 Å². The molecule has 23 heavy (non-hydrogen) atoms. The van der Waals surface area contributed by atoms with E-state index >= 15 is 0 Å². The third kappa shape index (κ3) is 3.64. The molecule has 0 aliphatic heterocycles. The summed E-state index contributed by atoms with van der Waals surface area (Å²) in [6.07, 6.45) is 6.70. The van der Waals surface area contributed by atoms with Crippen LogP contribution in [0.25, 0.3) is 0 Å². The maximum Gasteiger partial charge on any atom is 0.0316 e. The smallest absolute Gasteiger partial charge is 0.0316 e. The van der Waals surface area contributed by atoms with Gasteiger partial charge in [-0.1, -0.05) is 30.3 Å². The van der Waals surface area contributed by atoms with E-state index in [1.165, 1.54) is 32.7 Å². The van der Waals surface area contributed by atoms with Gasteiger partial charge in [-0.25, -0.2) is 0 Å². The molecule has 1 unspecified atom stereocenters. The second-order valence-corrected chi connectivity index (χ2v) is 7.67. The van der Waals surface area contributed by atoms with Crippen molar-refractivity contribution < 1.29 is 0 Å². The van der Waals surface area contributed by atoms with E-state index in [0.717, 1.165) is 25.7 Å². The van der Waals surface area contributed by atoms with Crippen molar-refractivity contribution in [3.05, 3.63) is 64.2 Å². The molecule has 0 N–H and O–H groups in total. The van der Waals surface area contributed by atoms with Gasteiger partial charge in [0.1, 0.15) is 0 Å². The molecule has 4 aliphatic carbocycles. The molecule has 4 bridgehead atoms. The van der Waals surface area contributed by atoms with Gasteiger partial charge in [-0.3, -0.25) is 0 Å². The first-order valence-corrected chi connectivity index (χ1v) is 9.75. The molecule has 6 rings (SSSR count). The zero-order valence-corrected chi connectivity index (χ0v) is 15.5. The Kier molecular flexibility index (Phi) is 5.13. The molecule has 122 valence electrons. The van der Waals surface area contributed by atoms with E-state index in [-0.39, 0.29) is 0 Å². The maximum atomic E-state index is 2.45. The van der Waals surface area contributed by atoms with Crippen molar-refractivity contribution in [2.24, 2.45) is 0 Å². The lowest BCUT2D eigenvalue weighted by atomic mass is 9.90.